The van der Waals surface area contributed by atoms with E-state index in [1.54, 1.807) is 0 Å². The lowest BCUT2D eigenvalue weighted by Crippen LogP contribution is -2.30. The van der Waals surface area contributed by atoms with Crippen LogP contribution in [0.15, 0.2) is 121 Å². The normalized spacial score (nSPS) is 21.5. The molecule has 6 aromatic carbocycles. The molecule has 0 N–H and O–H groups in total. The predicted octanol–water partition coefficient (Wildman–Crippen LogP) is 17.3. The van der Waals surface area contributed by atoms with E-state index in [2.05, 4.69) is 159 Å². The summed E-state index contributed by atoms with van der Waals surface area (Å²) >= 11 is 0. The number of ether oxygens (including phenoxy) is 8. The number of aryl methyl sites for hydroxylation is 4. The van der Waals surface area contributed by atoms with Crippen molar-refractivity contribution in [1.29, 1.82) is 0 Å². The molecule has 4 heterocycles. The Morgan fingerprint density at radius 3 is 0.863 bits per heavy atom. The quantitative estimate of drug-likeness (QED) is 0.0737. The van der Waals surface area contributed by atoms with Gasteiger partial charge in [0.2, 0.25) is 0 Å². The van der Waals surface area contributed by atoms with Crippen LogP contribution in [0.2, 0.25) is 0 Å². The van der Waals surface area contributed by atoms with Gasteiger partial charge in [-0.1, -0.05) is 67.8 Å². The number of hydrogen-bond donors (Lipinski definition) is 0. The highest BCUT2D eigenvalue weighted by molar-refractivity contribution is 5.79. The Labute approximate surface area is 477 Å². The van der Waals surface area contributed by atoms with Crippen LogP contribution in [0.1, 0.15) is 165 Å². The average molecular weight is 1080 g/mol. The van der Waals surface area contributed by atoms with Crippen molar-refractivity contribution in [3.8, 4) is 0 Å². The van der Waals surface area contributed by atoms with Crippen molar-refractivity contribution in [3.63, 3.8) is 0 Å². The molecule has 4 atom stereocenters. The van der Waals surface area contributed by atoms with E-state index >= 15 is 0 Å². The van der Waals surface area contributed by atoms with Gasteiger partial charge in [0.1, 0.15) is 0 Å². The molecule has 10 nitrogen and oxygen atoms in total. The number of hydrogen-bond acceptors (Lipinski definition) is 10. The van der Waals surface area contributed by atoms with E-state index in [9.17, 15) is 0 Å². The molecule has 0 radical (unpaired) electrons. The summed E-state index contributed by atoms with van der Waals surface area (Å²) in [5.41, 5.74) is 18.8. The van der Waals surface area contributed by atoms with Crippen molar-refractivity contribution < 1.29 is 37.9 Å². The third-order valence-corrected chi connectivity index (χ3v) is 17.7. The van der Waals surface area contributed by atoms with Gasteiger partial charge in [-0.15, -0.1) is 0 Å². The smallest absolute Gasteiger partial charge is 0.158 e. The highest BCUT2D eigenvalue weighted by Gasteiger charge is 2.36. The van der Waals surface area contributed by atoms with E-state index in [1.165, 1.54) is 74.9 Å². The van der Waals surface area contributed by atoms with Crippen LogP contribution in [-0.2, 0) is 69.7 Å². The molecule has 11 rings (SSSR count). The van der Waals surface area contributed by atoms with Gasteiger partial charge in [-0.05, 0) is 246 Å². The highest BCUT2D eigenvalue weighted by atomic mass is 16.7. The lowest BCUT2D eigenvalue weighted by molar-refractivity contribution is -0.169. The second kappa shape index (κ2) is 27.1. The third kappa shape index (κ3) is 13.7. The topological polar surface area (TPSA) is 80.3 Å². The molecular weight excluding hydrogens is 997 g/mol. The molecule has 4 unspecified atom stereocenters. The summed E-state index contributed by atoms with van der Waals surface area (Å²) in [6, 6.07) is 46.2. The standard InChI is InChI=1S/C70H86N2O8/c1-50-42-62(28-20-54(50)46-77-66-16-6-12-38-73-66)71(63-29-21-55(51(2)43-63)47-78-67-17-7-13-39-74-67)60-32-24-58(25-33-60)70(36-10-5-11-37-70)59-26-34-61(35-27-59)72(64-30-22-56(52(3)44-64)48-79-68-18-8-14-40-75-68)65-31-23-57(53(4)45-65)49-80-69-19-9-15-41-76-69/h20-35,42-45,66-69H,5-19,36-41,46-49H2,1-4H3. The summed E-state index contributed by atoms with van der Waals surface area (Å²) in [5, 5.41) is 0. The largest absolute Gasteiger partial charge is 0.353 e. The fourth-order valence-electron chi connectivity index (χ4n) is 12.7. The molecule has 5 fully saturated rings. The SMILES string of the molecule is Cc1cc(N(c2ccc(C3(c4ccc(N(c5ccc(COC6CCCCO6)c(C)c5)c5ccc(COC6CCCCO6)c(C)c5)cc4)CCCCC3)cc2)c2ccc(COC3CCCCO3)c(C)c2)ccc1COC1CCCCO1. The zero-order valence-electron chi connectivity index (χ0n) is 48.2. The molecule has 5 aliphatic rings. The van der Waals surface area contributed by atoms with Crippen LogP contribution < -0.4 is 9.80 Å². The van der Waals surface area contributed by atoms with Crippen LogP contribution >= 0.6 is 0 Å². The van der Waals surface area contributed by atoms with Crippen molar-refractivity contribution in [2.45, 2.75) is 194 Å². The van der Waals surface area contributed by atoms with Crippen molar-refractivity contribution in [2.24, 2.45) is 0 Å². The van der Waals surface area contributed by atoms with E-state index in [1.807, 2.05) is 0 Å². The number of nitrogens with zero attached hydrogens (tertiary/aromatic N) is 2. The van der Waals surface area contributed by atoms with Gasteiger partial charge in [0.25, 0.3) is 0 Å². The molecule has 1 saturated carbocycles. The fraction of sp³-hybridized carbons (Fsp3) is 0.486. The Morgan fingerprint density at radius 1 is 0.338 bits per heavy atom. The molecule has 4 aliphatic heterocycles. The monoisotopic (exact) mass is 1080 g/mol. The van der Waals surface area contributed by atoms with Crippen molar-refractivity contribution in [1.82, 2.24) is 0 Å². The molecule has 10 heteroatoms. The maximum Gasteiger partial charge on any atom is 0.158 e. The molecule has 0 aromatic heterocycles. The minimum absolute atomic E-state index is 0.119. The van der Waals surface area contributed by atoms with Crippen molar-refractivity contribution >= 4 is 34.1 Å². The van der Waals surface area contributed by atoms with Crippen LogP contribution in [-0.4, -0.2) is 51.6 Å². The zero-order valence-corrected chi connectivity index (χ0v) is 48.2. The molecular formula is C70H86N2O8. The van der Waals surface area contributed by atoms with Crippen LogP contribution in [0.4, 0.5) is 34.1 Å². The Kier molecular flexibility index (Phi) is 19.1. The molecule has 4 saturated heterocycles. The van der Waals surface area contributed by atoms with Gasteiger partial charge in [0, 0.05) is 66.0 Å². The van der Waals surface area contributed by atoms with E-state index in [-0.39, 0.29) is 30.6 Å². The summed E-state index contributed by atoms with van der Waals surface area (Å²) < 4.78 is 48.8. The van der Waals surface area contributed by atoms with E-state index in [0.29, 0.717) is 26.4 Å². The van der Waals surface area contributed by atoms with Crippen molar-refractivity contribution in [2.75, 3.05) is 36.2 Å². The van der Waals surface area contributed by atoms with Crippen molar-refractivity contribution in [3.05, 3.63) is 177 Å². The van der Waals surface area contributed by atoms with Gasteiger partial charge in [0.15, 0.2) is 25.2 Å². The van der Waals surface area contributed by atoms with Crippen LogP contribution in [0.25, 0.3) is 0 Å². The highest BCUT2D eigenvalue weighted by Crippen LogP contribution is 2.48. The maximum absolute atomic E-state index is 6.28. The first-order chi connectivity index (χ1) is 39.3. The minimum Gasteiger partial charge on any atom is -0.353 e. The predicted molar refractivity (Wildman–Crippen MR) is 319 cm³/mol. The average Bonchev–Trinajstić information content (AvgIpc) is 3.53. The lowest BCUT2D eigenvalue weighted by Gasteiger charge is -2.39. The van der Waals surface area contributed by atoms with E-state index < -0.39 is 0 Å². The summed E-state index contributed by atoms with van der Waals surface area (Å²) in [7, 11) is 0. The maximum atomic E-state index is 6.28. The molecule has 0 amide bonds. The molecule has 0 spiro atoms. The van der Waals surface area contributed by atoms with Crippen LogP contribution in [0.3, 0.4) is 0 Å². The first-order valence-corrected chi connectivity index (χ1v) is 30.4. The number of benzene rings is 6. The summed E-state index contributed by atoms with van der Waals surface area (Å²) in [6.07, 6.45) is 18.1. The van der Waals surface area contributed by atoms with Crippen LogP contribution in [0, 0.1) is 27.7 Å². The van der Waals surface area contributed by atoms with E-state index in [0.717, 1.165) is 150 Å². The van der Waals surface area contributed by atoms with Gasteiger partial charge in [-0.3, -0.25) is 0 Å². The third-order valence-electron chi connectivity index (χ3n) is 17.7. The summed E-state index contributed by atoms with van der Waals surface area (Å²) in [4.78, 5) is 4.81. The van der Waals surface area contributed by atoms with Gasteiger partial charge in [0.05, 0.1) is 26.4 Å². The second-order valence-electron chi connectivity index (χ2n) is 23.3. The van der Waals surface area contributed by atoms with Gasteiger partial charge >= 0.3 is 0 Å². The number of anilines is 6. The zero-order chi connectivity index (χ0) is 54.7. The first-order valence-electron chi connectivity index (χ1n) is 30.4. The molecule has 6 aromatic rings. The van der Waals surface area contributed by atoms with Gasteiger partial charge < -0.3 is 47.7 Å². The van der Waals surface area contributed by atoms with E-state index in [4.69, 9.17) is 37.9 Å². The second-order valence-corrected chi connectivity index (χ2v) is 23.3. The molecule has 80 heavy (non-hydrogen) atoms. The van der Waals surface area contributed by atoms with Crippen LogP contribution in [0.5, 0.6) is 0 Å². The Balaban J connectivity index is 0.887. The first kappa shape index (κ1) is 56.5. The molecule has 1 aliphatic carbocycles. The van der Waals surface area contributed by atoms with Gasteiger partial charge in [-0.2, -0.15) is 0 Å². The summed E-state index contributed by atoms with van der Waals surface area (Å²) in [6.45, 7) is 14.0. The van der Waals surface area contributed by atoms with Gasteiger partial charge in [-0.25, -0.2) is 0 Å². The molecule has 0 bridgehead atoms. The Bertz CT molecular complexity index is 2590. The summed E-state index contributed by atoms with van der Waals surface area (Å²) in [5.74, 6) is 0. The lowest BCUT2D eigenvalue weighted by atomic mass is 9.65. The number of rotatable bonds is 20. The Morgan fingerprint density at radius 2 is 0.613 bits per heavy atom. The Hall–Kier alpha value is -5.40. The fourth-order valence-corrected chi connectivity index (χ4v) is 12.7. The minimum atomic E-state index is -0.130. The molecule has 424 valence electrons.